The standard InChI is InChI=1S/C14H16BrCl2N3O/c1-18-13(10-4-3-9(16)7-12(10)17)14-11(15)8-19-20(14)5-6-21-2/h3-4,7-8,13,18H,5-6H2,1-2H3. The number of hydrogen-bond acceptors (Lipinski definition) is 3. The first-order valence-corrected chi connectivity index (χ1v) is 7.95. The predicted octanol–water partition coefficient (Wildman–Crippen LogP) is 3.91. The predicted molar refractivity (Wildman–Crippen MR) is 89.2 cm³/mol. The summed E-state index contributed by atoms with van der Waals surface area (Å²) >= 11 is 15.9. The first kappa shape index (κ1) is 16.8. The summed E-state index contributed by atoms with van der Waals surface area (Å²) in [7, 11) is 3.56. The first-order valence-electron chi connectivity index (χ1n) is 6.40. The van der Waals surface area contributed by atoms with Crippen LogP contribution in [0.25, 0.3) is 0 Å². The average molecular weight is 393 g/mol. The number of halogens is 3. The highest BCUT2D eigenvalue weighted by atomic mass is 79.9. The lowest BCUT2D eigenvalue weighted by molar-refractivity contribution is 0.182. The molecular weight excluding hydrogens is 377 g/mol. The minimum atomic E-state index is -0.0940. The maximum Gasteiger partial charge on any atom is 0.0771 e. The monoisotopic (exact) mass is 391 g/mol. The smallest absolute Gasteiger partial charge is 0.0771 e. The molecule has 7 heteroatoms. The molecule has 1 aromatic heterocycles. The lowest BCUT2D eigenvalue weighted by Gasteiger charge is -2.20. The van der Waals surface area contributed by atoms with Crippen LogP contribution in [0.1, 0.15) is 17.3 Å². The van der Waals surface area contributed by atoms with Crippen molar-refractivity contribution < 1.29 is 4.74 Å². The summed E-state index contributed by atoms with van der Waals surface area (Å²) in [6, 6.07) is 5.40. The highest BCUT2D eigenvalue weighted by Crippen LogP contribution is 2.33. The van der Waals surface area contributed by atoms with Crippen molar-refractivity contribution in [3.05, 3.63) is 50.2 Å². The van der Waals surface area contributed by atoms with Crippen molar-refractivity contribution in [2.45, 2.75) is 12.6 Å². The van der Waals surface area contributed by atoms with E-state index in [9.17, 15) is 0 Å². The van der Waals surface area contributed by atoms with Crippen molar-refractivity contribution in [2.75, 3.05) is 20.8 Å². The fourth-order valence-corrected chi connectivity index (χ4v) is 3.23. The molecule has 0 aliphatic heterocycles. The number of aromatic nitrogens is 2. The number of nitrogens with one attached hydrogen (secondary N) is 1. The van der Waals surface area contributed by atoms with Crippen LogP contribution in [0.4, 0.5) is 0 Å². The Morgan fingerprint density at radius 1 is 1.43 bits per heavy atom. The molecular formula is C14H16BrCl2N3O. The molecule has 2 aromatic rings. The van der Waals surface area contributed by atoms with Crippen LogP contribution in [0.2, 0.25) is 10.0 Å². The van der Waals surface area contributed by atoms with Crippen molar-refractivity contribution >= 4 is 39.1 Å². The summed E-state index contributed by atoms with van der Waals surface area (Å²) in [5.74, 6) is 0. The third-order valence-corrected chi connectivity index (χ3v) is 4.35. The van der Waals surface area contributed by atoms with E-state index in [-0.39, 0.29) is 6.04 Å². The minimum Gasteiger partial charge on any atom is -0.383 e. The Morgan fingerprint density at radius 2 is 2.19 bits per heavy atom. The summed E-state index contributed by atoms with van der Waals surface area (Å²) in [5.41, 5.74) is 1.95. The fourth-order valence-electron chi connectivity index (χ4n) is 2.19. The van der Waals surface area contributed by atoms with Gasteiger partial charge in [0.1, 0.15) is 0 Å². The maximum absolute atomic E-state index is 6.33. The van der Waals surface area contributed by atoms with E-state index < -0.39 is 0 Å². The van der Waals surface area contributed by atoms with Gasteiger partial charge in [0.2, 0.25) is 0 Å². The zero-order valence-corrected chi connectivity index (χ0v) is 14.8. The number of benzene rings is 1. The van der Waals surface area contributed by atoms with Crippen LogP contribution in [0, 0.1) is 0 Å². The van der Waals surface area contributed by atoms with Gasteiger partial charge < -0.3 is 10.1 Å². The molecule has 114 valence electrons. The van der Waals surface area contributed by atoms with Crippen molar-refractivity contribution in [1.29, 1.82) is 0 Å². The van der Waals surface area contributed by atoms with E-state index in [1.807, 2.05) is 23.9 Å². The highest BCUT2D eigenvalue weighted by molar-refractivity contribution is 9.10. The number of methoxy groups -OCH3 is 1. The Bertz CT molecular complexity index is 618. The number of nitrogens with zero attached hydrogens (tertiary/aromatic N) is 2. The molecule has 1 heterocycles. The quantitative estimate of drug-likeness (QED) is 0.809. The molecule has 0 amide bonds. The normalized spacial score (nSPS) is 12.6. The Balaban J connectivity index is 2.43. The highest BCUT2D eigenvalue weighted by Gasteiger charge is 2.22. The molecule has 0 aliphatic rings. The molecule has 0 saturated heterocycles. The molecule has 0 fully saturated rings. The van der Waals surface area contributed by atoms with E-state index in [0.717, 1.165) is 15.7 Å². The van der Waals surface area contributed by atoms with Crippen molar-refractivity contribution in [1.82, 2.24) is 15.1 Å². The van der Waals surface area contributed by atoms with Gasteiger partial charge in [0.25, 0.3) is 0 Å². The summed E-state index contributed by atoms with van der Waals surface area (Å²) in [6.45, 7) is 1.26. The average Bonchev–Trinajstić information content (AvgIpc) is 2.81. The van der Waals surface area contributed by atoms with E-state index >= 15 is 0 Å². The zero-order chi connectivity index (χ0) is 15.4. The molecule has 0 saturated carbocycles. The van der Waals surface area contributed by atoms with Gasteiger partial charge in [-0.2, -0.15) is 5.10 Å². The molecule has 0 radical (unpaired) electrons. The Labute approximate surface area is 142 Å². The van der Waals surface area contributed by atoms with Gasteiger partial charge in [-0.1, -0.05) is 29.3 Å². The van der Waals surface area contributed by atoms with Crippen LogP contribution < -0.4 is 5.32 Å². The molecule has 1 N–H and O–H groups in total. The molecule has 4 nitrogen and oxygen atoms in total. The SMILES string of the molecule is CNC(c1ccc(Cl)cc1Cl)c1c(Br)cnn1CCOC. The molecule has 1 aromatic carbocycles. The van der Waals surface area contributed by atoms with Crippen LogP contribution in [-0.2, 0) is 11.3 Å². The third kappa shape index (κ3) is 3.79. The van der Waals surface area contributed by atoms with Crippen LogP contribution >= 0.6 is 39.1 Å². The van der Waals surface area contributed by atoms with E-state index in [0.29, 0.717) is 23.2 Å². The van der Waals surface area contributed by atoms with Crippen LogP contribution in [0.5, 0.6) is 0 Å². The fraction of sp³-hybridized carbons (Fsp3) is 0.357. The number of ether oxygens (including phenoxy) is 1. The zero-order valence-electron chi connectivity index (χ0n) is 11.7. The van der Waals surface area contributed by atoms with Crippen molar-refractivity contribution in [2.24, 2.45) is 0 Å². The molecule has 1 unspecified atom stereocenters. The molecule has 21 heavy (non-hydrogen) atoms. The van der Waals surface area contributed by atoms with Gasteiger partial charge in [-0.15, -0.1) is 0 Å². The van der Waals surface area contributed by atoms with Crippen LogP contribution in [0.15, 0.2) is 28.9 Å². The van der Waals surface area contributed by atoms with Crippen molar-refractivity contribution in [3.63, 3.8) is 0 Å². The molecule has 0 bridgehead atoms. The summed E-state index contributed by atoms with van der Waals surface area (Å²) in [4.78, 5) is 0. The van der Waals surface area contributed by atoms with Gasteiger partial charge in [-0.05, 0) is 40.7 Å². The van der Waals surface area contributed by atoms with Gasteiger partial charge >= 0.3 is 0 Å². The second-order valence-corrected chi connectivity index (χ2v) is 6.18. The summed E-state index contributed by atoms with van der Waals surface area (Å²) in [5, 5.41) is 8.89. The topological polar surface area (TPSA) is 39.1 Å². The van der Waals surface area contributed by atoms with E-state index in [2.05, 4.69) is 26.3 Å². The third-order valence-electron chi connectivity index (χ3n) is 3.18. The molecule has 2 rings (SSSR count). The second kappa shape index (κ2) is 7.61. The second-order valence-electron chi connectivity index (χ2n) is 4.48. The summed E-state index contributed by atoms with van der Waals surface area (Å²) < 4.78 is 7.95. The van der Waals surface area contributed by atoms with E-state index in [1.54, 1.807) is 19.4 Å². The van der Waals surface area contributed by atoms with Crippen molar-refractivity contribution in [3.8, 4) is 0 Å². The number of hydrogen-bond donors (Lipinski definition) is 1. The lowest BCUT2D eigenvalue weighted by atomic mass is 10.0. The van der Waals surface area contributed by atoms with Crippen LogP contribution in [-0.4, -0.2) is 30.5 Å². The van der Waals surface area contributed by atoms with Crippen LogP contribution in [0.3, 0.4) is 0 Å². The summed E-state index contributed by atoms with van der Waals surface area (Å²) in [6.07, 6.45) is 1.78. The molecule has 0 aliphatic carbocycles. The Morgan fingerprint density at radius 3 is 2.81 bits per heavy atom. The number of rotatable bonds is 6. The minimum absolute atomic E-state index is 0.0940. The van der Waals surface area contributed by atoms with E-state index in [1.165, 1.54) is 0 Å². The molecule has 1 atom stereocenters. The van der Waals surface area contributed by atoms with Gasteiger partial charge in [0.05, 0.1) is 35.6 Å². The first-order chi connectivity index (χ1) is 10.1. The Kier molecular flexibility index (Phi) is 6.08. The maximum atomic E-state index is 6.33. The van der Waals surface area contributed by atoms with Gasteiger partial charge in [-0.25, -0.2) is 0 Å². The lowest BCUT2D eigenvalue weighted by Crippen LogP contribution is -2.23. The van der Waals surface area contributed by atoms with Gasteiger partial charge in [0, 0.05) is 17.2 Å². The Hall–Kier alpha value is -0.590. The van der Waals surface area contributed by atoms with Gasteiger partial charge in [-0.3, -0.25) is 4.68 Å². The van der Waals surface area contributed by atoms with Gasteiger partial charge in [0.15, 0.2) is 0 Å². The molecule has 0 spiro atoms. The largest absolute Gasteiger partial charge is 0.383 e. The van der Waals surface area contributed by atoms with E-state index in [4.69, 9.17) is 27.9 Å².